The molecule has 3 rings (SSSR count). The highest BCUT2D eigenvalue weighted by Gasteiger charge is 2.28. The minimum atomic E-state index is -0.501. The largest absolute Gasteiger partial charge is 0.394 e. The minimum Gasteiger partial charge on any atom is -0.394 e. The fraction of sp³-hybridized carbons (Fsp3) is 0.474. The number of rotatable bonds is 6. The number of piperidine rings is 1. The summed E-state index contributed by atoms with van der Waals surface area (Å²) in [5, 5.41) is 19.8. The lowest BCUT2D eigenvalue weighted by atomic mass is 9.93. The van der Waals surface area contributed by atoms with Gasteiger partial charge < -0.3 is 15.3 Å². The summed E-state index contributed by atoms with van der Waals surface area (Å²) in [5.74, 6) is 0.363. The third kappa shape index (κ3) is 4.84. The number of carbonyl (C=O) groups is 1. The van der Waals surface area contributed by atoms with E-state index in [-0.39, 0.29) is 24.9 Å². The van der Waals surface area contributed by atoms with Crippen LogP contribution in [-0.4, -0.2) is 58.9 Å². The molecule has 1 aliphatic heterocycles. The van der Waals surface area contributed by atoms with Crippen molar-refractivity contribution in [2.75, 3.05) is 26.7 Å². The molecule has 1 atom stereocenters. The second kappa shape index (κ2) is 9.71. The zero-order chi connectivity index (χ0) is 17.6. The molecular weight excluding hydrogens is 352 g/mol. The van der Waals surface area contributed by atoms with Gasteiger partial charge in [-0.2, -0.15) is 5.10 Å². The number of halogens is 1. The van der Waals surface area contributed by atoms with Crippen molar-refractivity contribution in [1.82, 2.24) is 20.4 Å². The van der Waals surface area contributed by atoms with Crippen LogP contribution in [0.2, 0.25) is 0 Å². The van der Waals surface area contributed by atoms with Crippen molar-refractivity contribution in [2.24, 2.45) is 0 Å². The molecule has 0 bridgehead atoms. The van der Waals surface area contributed by atoms with Crippen LogP contribution in [0.3, 0.4) is 0 Å². The van der Waals surface area contributed by atoms with E-state index in [2.05, 4.69) is 33.7 Å². The first-order valence-electron chi connectivity index (χ1n) is 8.86. The lowest BCUT2D eigenvalue weighted by molar-refractivity contribution is -0.135. The molecule has 6 nitrogen and oxygen atoms in total. The van der Waals surface area contributed by atoms with E-state index in [9.17, 15) is 9.90 Å². The number of aliphatic hydroxyl groups is 1. The van der Waals surface area contributed by atoms with Crippen LogP contribution in [0, 0.1) is 0 Å². The first kappa shape index (κ1) is 20.4. The van der Waals surface area contributed by atoms with Gasteiger partial charge in [0.25, 0.3) is 0 Å². The number of nitrogens with zero attached hydrogens (tertiary/aromatic N) is 2. The number of aliphatic hydroxyl groups excluding tert-OH is 1. The molecule has 0 aliphatic carbocycles. The minimum absolute atomic E-state index is 0. The Labute approximate surface area is 160 Å². The van der Waals surface area contributed by atoms with Crippen LogP contribution < -0.4 is 5.32 Å². The Kier molecular flexibility index (Phi) is 7.63. The molecule has 2 aromatic rings. The number of carbonyl (C=O) groups excluding carboxylic acids is 1. The Morgan fingerprint density at radius 3 is 2.65 bits per heavy atom. The van der Waals surface area contributed by atoms with E-state index in [4.69, 9.17) is 0 Å². The molecule has 0 saturated carbocycles. The summed E-state index contributed by atoms with van der Waals surface area (Å²) in [7, 11) is 1.70. The van der Waals surface area contributed by atoms with E-state index >= 15 is 0 Å². The van der Waals surface area contributed by atoms with Crippen molar-refractivity contribution < 1.29 is 9.90 Å². The standard InChI is InChI=1S/C19H26N4O2.ClH/c1-20-18(13-24)19(25)23-9-7-15(8-10-23)17-12-16(21-22-17)11-14-5-3-2-4-6-14;/h2-6,12,15,18,20,24H,7-11,13H2,1H3,(H,21,22);1H/t18-;/m0./s1. The van der Waals surface area contributed by atoms with Gasteiger partial charge in [0.2, 0.25) is 5.91 Å². The number of likely N-dealkylation sites (tertiary alicyclic amines) is 1. The van der Waals surface area contributed by atoms with E-state index in [1.807, 2.05) is 23.1 Å². The summed E-state index contributed by atoms with van der Waals surface area (Å²) in [6.07, 6.45) is 2.66. The van der Waals surface area contributed by atoms with Crippen LogP contribution in [0.5, 0.6) is 0 Å². The van der Waals surface area contributed by atoms with Gasteiger partial charge in [0.05, 0.1) is 12.3 Å². The fourth-order valence-corrected chi connectivity index (χ4v) is 3.40. The van der Waals surface area contributed by atoms with Gasteiger partial charge in [-0.05, 0) is 31.5 Å². The van der Waals surface area contributed by atoms with Gasteiger partial charge in [-0.3, -0.25) is 9.89 Å². The Hall–Kier alpha value is -1.89. The summed E-state index contributed by atoms with van der Waals surface area (Å²) >= 11 is 0. The molecule has 1 aromatic carbocycles. The Balaban J connectivity index is 0.00000243. The summed E-state index contributed by atoms with van der Waals surface area (Å²) in [4.78, 5) is 14.1. The van der Waals surface area contributed by atoms with Crippen molar-refractivity contribution in [3.8, 4) is 0 Å². The number of aromatic nitrogens is 2. The van der Waals surface area contributed by atoms with E-state index in [1.165, 1.54) is 5.56 Å². The van der Waals surface area contributed by atoms with E-state index in [0.29, 0.717) is 19.0 Å². The second-order valence-corrected chi connectivity index (χ2v) is 6.60. The van der Waals surface area contributed by atoms with Crippen LogP contribution in [0.25, 0.3) is 0 Å². The normalized spacial score (nSPS) is 16.2. The Bertz CT molecular complexity index is 680. The Morgan fingerprint density at radius 2 is 2.04 bits per heavy atom. The second-order valence-electron chi connectivity index (χ2n) is 6.60. The number of hydrogen-bond acceptors (Lipinski definition) is 4. The molecule has 7 heteroatoms. The summed E-state index contributed by atoms with van der Waals surface area (Å²) in [6, 6.07) is 12.0. The van der Waals surface area contributed by atoms with Crippen LogP contribution >= 0.6 is 12.4 Å². The molecule has 0 radical (unpaired) electrons. The number of nitrogens with one attached hydrogen (secondary N) is 2. The van der Waals surface area contributed by atoms with Gasteiger partial charge in [0.15, 0.2) is 0 Å². The highest BCUT2D eigenvalue weighted by Crippen LogP contribution is 2.27. The van der Waals surface area contributed by atoms with Crippen molar-refractivity contribution in [3.63, 3.8) is 0 Å². The topological polar surface area (TPSA) is 81.2 Å². The SMILES string of the molecule is CN[C@@H](CO)C(=O)N1CCC(c2cc(Cc3ccccc3)[nH]n2)CC1.Cl. The number of benzene rings is 1. The van der Waals surface area contributed by atoms with Gasteiger partial charge >= 0.3 is 0 Å². The number of hydrogen-bond donors (Lipinski definition) is 3. The number of H-pyrrole nitrogens is 1. The molecule has 142 valence electrons. The number of aromatic amines is 1. The van der Waals surface area contributed by atoms with Gasteiger partial charge in [-0.25, -0.2) is 0 Å². The maximum absolute atomic E-state index is 12.3. The summed E-state index contributed by atoms with van der Waals surface area (Å²) < 4.78 is 0. The highest BCUT2D eigenvalue weighted by molar-refractivity contribution is 5.85. The van der Waals surface area contributed by atoms with Crippen molar-refractivity contribution in [1.29, 1.82) is 0 Å². The smallest absolute Gasteiger partial charge is 0.242 e. The molecule has 2 heterocycles. The summed E-state index contributed by atoms with van der Waals surface area (Å²) in [5.41, 5.74) is 3.47. The van der Waals surface area contributed by atoms with Crippen LogP contribution in [-0.2, 0) is 11.2 Å². The van der Waals surface area contributed by atoms with Crippen LogP contribution in [0.4, 0.5) is 0 Å². The fourth-order valence-electron chi connectivity index (χ4n) is 3.40. The lowest BCUT2D eigenvalue weighted by Gasteiger charge is -2.33. The molecule has 0 unspecified atom stereocenters. The maximum atomic E-state index is 12.3. The molecule has 1 saturated heterocycles. The molecule has 3 N–H and O–H groups in total. The molecule has 26 heavy (non-hydrogen) atoms. The number of likely N-dealkylation sites (N-methyl/N-ethyl adjacent to an activating group) is 1. The average Bonchev–Trinajstić information content (AvgIpc) is 3.12. The first-order valence-corrected chi connectivity index (χ1v) is 8.86. The third-order valence-electron chi connectivity index (χ3n) is 4.94. The van der Waals surface area contributed by atoms with Gasteiger partial charge in [0.1, 0.15) is 6.04 Å². The number of amides is 1. The van der Waals surface area contributed by atoms with Crippen LogP contribution in [0.15, 0.2) is 36.4 Å². The zero-order valence-corrected chi connectivity index (χ0v) is 15.8. The maximum Gasteiger partial charge on any atom is 0.242 e. The lowest BCUT2D eigenvalue weighted by Crippen LogP contribution is -2.49. The van der Waals surface area contributed by atoms with E-state index < -0.39 is 6.04 Å². The molecule has 0 spiro atoms. The van der Waals surface area contributed by atoms with E-state index in [0.717, 1.165) is 30.7 Å². The average molecular weight is 379 g/mol. The predicted molar refractivity (Wildman–Crippen MR) is 104 cm³/mol. The third-order valence-corrected chi connectivity index (χ3v) is 4.94. The summed E-state index contributed by atoms with van der Waals surface area (Å²) in [6.45, 7) is 1.25. The molecular formula is C19H27ClN4O2. The monoisotopic (exact) mass is 378 g/mol. The molecule has 1 fully saturated rings. The van der Waals surface area contributed by atoms with Crippen molar-refractivity contribution in [2.45, 2.75) is 31.2 Å². The van der Waals surface area contributed by atoms with Gasteiger partial charge in [-0.1, -0.05) is 30.3 Å². The molecule has 1 amide bonds. The van der Waals surface area contributed by atoms with Crippen molar-refractivity contribution in [3.05, 3.63) is 53.3 Å². The van der Waals surface area contributed by atoms with Gasteiger partial charge in [-0.15, -0.1) is 12.4 Å². The molecule has 1 aromatic heterocycles. The molecule has 1 aliphatic rings. The quantitative estimate of drug-likeness (QED) is 0.714. The highest BCUT2D eigenvalue weighted by atomic mass is 35.5. The Morgan fingerprint density at radius 1 is 1.35 bits per heavy atom. The zero-order valence-electron chi connectivity index (χ0n) is 15.0. The van der Waals surface area contributed by atoms with Crippen LogP contribution in [0.1, 0.15) is 35.7 Å². The predicted octanol–water partition coefficient (Wildman–Crippen LogP) is 1.71. The van der Waals surface area contributed by atoms with Crippen molar-refractivity contribution >= 4 is 18.3 Å². The van der Waals surface area contributed by atoms with Gasteiger partial charge in [0, 0.05) is 31.1 Å². The van der Waals surface area contributed by atoms with E-state index in [1.54, 1.807) is 7.05 Å². The first-order chi connectivity index (χ1) is 12.2.